The Labute approximate surface area is 85.4 Å². The molecule has 0 aliphatic carbocycles. The monoisotopic (exact) mass is 192 g/mol. The predicted molar refractivity (Wildman–Crippen MR) is 38.3 cm³/mol. The molecule has 0 saturated carbocycles. The van der Waals surface area contributed by atoms with Gasteiger partial charge in [0.15, 0.2) is 0 Å². The minimum absolute atomic E-state index is 0. The van der Waals surface area contributed by atoms with Crippen LogP contribution in [0.5, 0.6) is 0 Å². The van der Waals surface area contributed by atoms with Crippen molar-refractivity contribution in [2.45, 2.75) is 0 Å². The third kappa shape index (κ3) is 13.6. The molecule has 0 heterocycles. The van der Waals surface area contributed by atoms with E-state index in [0.717, 1.165) is 0 Å². The summed E-state index contributed by atoms with van der Waals surface area (Å²) in [7, 11) is -4.10. The van der Waals surface area contributed by atoms with E-state index in [1.807, 2.05) is 0 Å². The van der Waals surface area contributed by atoms with Crippen LogP contribution >= 0.6 is 7.60 Å². The molecule has 6 nitrogen and oxygen atoms in total. The van der Waals surface area contributed by atoms with Crippen LogP contribution in [0.4, 0.5) is 0 Å². The number of hydrogen-bond acceptors (Lipinski definition) is 3. The van der Waals surface area contributed by atoms with Crippen molar-refractivity contribution in [3.05, 3.63) is 0 Å². The molecule has 4 N–H and O–H groups in total. The molecular weight excluding hydrogens is 184 g/mol. The summed E-state index contributed by atoms with van der Waals surface area (Å²) in [5.41, 5.74) is 0. The zero-order valence-corrected chi connectivity index (χ0v) is 8.91. The fourth-order valence-corrected chi connectivity index (χ4v) is 0.712. The van der Waals surface area contributed by atoms with Crippen molar-refractivity contribution in [3.8, 4) is 0 Å². The van der Waals surface area contributed by atoms with Gasteiger partial charge in [-0.1, -0.05) is 0 Å². The quantitative estimate of drug-likeness (QED) is 0.316. The molecule has 0 amide bonds. The first kappa shape index (κ1) is 14.1. The van der Waals surface area contributed by atoms with E-state index in [0.29, 0.717) is 0 Å². The maximum atomic E-state index is 10.1. The van der Waals surface area contributed by atoms with Crippen LogP contribution in [-0.2, 0) is 9.36 Å². The molecule has 0 aromatic heterocycles. The molecule has 0 spiro atoms. The molecule has 8 heteroatoms. The van der Waals surface area contributed by atoms with Crippen LogP contribution in [0.3, 0.4) is 0 Å². The largest absolute Gasteiger partial charge is 0.480 e. The second-order valence-corrected chi connectivity index (χ2v) is 3.29. The van der Waals surface area contributed by atoms with Crippen LogP contribution in [0, 0.1) is 0 Å². The van der Waals surface area contributed by atoms with Gasteiger partial charge >= 0.3 is 13.6 Å². The molecule has 0 aromatic carbocycles. The number of carbonyl (C=O) groups is 1. The van der Waals surface area contributed by atoms with E-state index in [-0.39, 0.29) is 29.6 Å². The normalized spacial score (nSPS) is 10.4. The van der Waals surface area contributed by atoms with Crippen LogP contribution in [0.1, 0.15) is 0 Å². The van der Waals surface area contributed by atoms with E-state index in [4.69, 9.17) is 14.9 Å². The molecule has 0 bridgehead atoms. The Kier molecular flexibility index (Phi) is 7.88. The SMILES string of the molecule is O=C(O)CNCP(=O)(O)O.[Na]. The predicted octanol–water partition coefficient (Wildman–Crippen LogP) is -1.58. The van der Waals surface area contributed by atoms with E-state index in [9.17, 15) is 9.36 Å². The Balaban J connectivity index is 0. The van der Waals surface area contributed by atoms with Crippen LogP contribution in [0.2, 0.25) is 0 Å². The topological polar surface area (TPSA) is 107 Å². The first-order valence-corrected chi connectivity index (χ1v) is 4.18. The molecule has 0 aliphatic heterocycles. The molecule has 1 radical (unpaired) electrons. The zero-order chi connectivity index (χ0) is 8.20. The van der Waals surface area contributed by atoms with E-state index >= 15 is 0 Å². The van der Waals surface area contributed by atoms with Crippen LogP contribution in [0.25, 0.3) is 0 Å². The van der Waals surface area contributed by atoms with E-state index < -0.39 is 26.4 Å². The van der Waals surface area contributed by atoms with Crippen molar-refractivity contribution in [3.63, 3.8) is 0 Å². The maximum absolute atomic E-state index is 10.1. The van der Waals surface area contributed by atoms with Gasteiger partial charge in [0.25, 0.3) is 0 Å². The number of carboxylic acids is 1. The first-order valence-electron chi connectivity index (χ1n) is 2.39. The molecule has 0 saturated heterocycles. The fraction of sp³-hybridized carbons (Fsp3) is 0.667. The second-order valence-electron chi connectivity index (χ2n) is 1.64. The van der Waals surface area contributed by atoms with Crippen LogP contribution in [-0.4, -0.2) is 63.3 Å². The van der Waals surface area contributed by atoms with Gasteiger partial charge in [-0.15, -0.1) is 0 Å². The summed E-state index contributed by atoms with van der Waals surface area (Å²) in [5, 5.41) is 10.1. The zero-order valence-electron chi connectivity index (χ0n) is 6.02. The van der Waals surface area contributed by atoms with Gasteiger partial charge in [0.05, 0.1) is 12.8 Å². The third-order valence-corrected chi connectivity index (χ3v) is 1.23. The molecule has 0 atom stereocenters. The summed E-state index contributed by atoms with van der Waals surface area (Å²) in [6, 6.07) is 0. The van der Waals surface area contributed by atoms with Crippen molar-refractivity contribution in [2.24, 2.45) is 0 Å². The Morgan fingerprint density at radius 2 is 1.91 bits per heavy atom. The standard InChI is InChI=1S/C3H8NO5P.Na/c5-3(6)1-4-2-10(7,8)9;/h4H,1-2H2,(H,5,6)(H2,7,8,9);. The smallest absolute Gasteiger partial charge is 0.339 e. The molecule has 0 aromatic rings. The fourth-order valence-electron chi connectivity index (χ4n) is 0.308. The molecule has 61 valence electrons. The van der Waals surface area contributed by atoms with Gasteiger partial charge in [0, 0.05) is 29.6 Å². The van der Waals surface area contributed by atoms with Crippen molar-refractivity contribution in [2.75, 3.05) is 12.8 Å². The third-order valence-electron chi connectivity index (χ3n) is 0.594. The van der Waals surface area contributed by atoms with Crippen LogP contribution in [0.15, 0.2) is 0 Å². The summed E-state index contributed by atoms with van der Waals surface area (Å²) in [4.78, 5) is 26.1. The summed E-state index contributed by atoms with van der Waals surface area (Å²) in [6.45, 7) is -0.439. The van der Waals surface area contributed by atoms with Gasteiger partial charge in [0.1, 0.15) is 0 Å². The maximum Gasteiger partial charge on any atom is 0.339 e. The van der Waals surface area contributed by atoms with Gasteiger partial charge in [0.2, 0.25) is 0 Å². The molecule has 0 fully saturated rings. The molecule has 11 heavy (non-hydrogen) atoms. The Hall–Kier alpha value is 0.580. The number of aliphatic carboxylic acids is 1. The Bertz CT molecular complexity index is 167. The van der Waals surface area contributed by atoms with E-state index in [1.54, 1.807) is 0 Å². The molecular formula is C3H8NNaO5P. The summed E-state index contributed by atoms with van der Waals surface area (Å²) < 4.78 is 10.1. The average Bonchev–Trinajstić information content (AvgIpc) is 1.59. The van der Waals surface area contributed by atoms with E-state index in [1.165, 1.54) is 0 Å². The first-order chi connectivity index (χ1) is 4.42. The van der Waals surface area contributed by atoms with Crippen LogP contribution < -0.4 is 5.32 Å². The Morgan fingerprint density at radius 1 is 1.45 bits per heavy atom. The average molecular weight is 192 g/mol. The molecule has 0 rings (SSSR count). The number of hydrogen-bond donors (Lipinski definition) is 4. The van der Waals surface area contributed by atoms with E-state index in [2.05, 4.69) is 5.32 Å². The van der Waals surface area contributed by atoms with Gasteiger partial charge in [-0.3, -0.25) is 14.7 Å². The van der Waals surface area contributed by atoms with Gasteiger partial charge < -0.3 is 14.9 Å². The second kappa shape index (κ2) is 6.14. The van der Waals surface area contributed by atoms with Crippen molar-refractivity contribution in [1.29, 1.82) is 0 Å². The summed E-state index contributed by atoms with van der Waals surface area (Å²) >= 11 is 0. The number of nitrogens with one attached hydrogen (secondary N) is 1. The van der Waals surface area contributed by atoms with Gasteiger partial charge in [-0.25, -0.2) is 0 Å². The van der Waals surface area contributed by atoms with Crippen molar-refractivity contribution < 1.29 is 24.3 Å². The molecule has 0 aliphatic rings. The summed E-state index contributed by atoms with van der Waals surface area (Å²) in [6.07, 6.45) is -0.598. The van der Waals surface area contributed by atoms with Crippen molar-refractivity contribution >= 4 is 43.1 Å². The van der Waals surface area contributed by atoms with Gasteiger partial charge in [-0.2, -0.15) is 0 Å². The van der Waals surface area contributed by atoms with Crippen molar-refractivity contribution in [1.82, 2.24) is 5.32 Å². The number of rotatable bonds is 4. The van der Waals surface area contributed by atoms with Gasteiger partial charge in [-0.05, 0) is 0 Å². The summed E-state index contributed by atoms with van der Waals surface area (Å²) in [5.74, 6) is -1.14. The minimum Gasteiger partial charge on any atom is -0.480 e. The molecule has 0 unspecified atom stereocenters. The minimum atomic E-state index is -4.10. The number of carboxylic acid groups (broad SMARTS) is 1. The Morgan fingerprint density at radius 3 is 2.18 bits per heavy atom.